The van der Waals surface area contributed by atoms with Crippen LogP contribution in [0.2, 0.25) is 0 Å². The molecule has 0 saturated heterocycles. The van der Waals surface area contributed by atoms with Crippen molar-refractivity contribution in [2.45, 2.75) is 74.4 Å². The van der Waals surface area contributed by atoms with E-state index in [0.717, 1.165) is 5.70 Å². The molecule has 23 heavy (non-hydrogen) atoms. The highest BCUT2D eigenvalue weighted by Gasteiger charge is 2.13. The SMILES string of the molecule is C=C(NC(C)C)C(=O)C(C)C.CC=C(NC(C)C)C(=O)C(C)C. The lowest BCUT2D eigenvalue weighted by Crippen LogP contribution is -2.29. The van der Waals surface area contributed by atoms with Crippen molar-refractivity contribution in [1.82, 2.24) is 10.6 Å². The molecule has 0 radical (unpaired) electrons. The molecule has 0 aromatic carbocycles. The van der Waals surface area contributed by atoms with Crippen molar-refractivity contribution in [2.75, 3.05) is 0 Å². The van der Waals surface area contributed by atoms with Crippen LogP contribution in [0.15, 0.2) is 24.0 Å². The summed E-state index contributed by atoms with van der Waals surface area (Å²) in [5, 5.41) is 6.10. The van der Waals surface area contributed by atoms with E-state index in [0.29, 0.717) is 11.7 Å². The molecular weight excluding hydrogens is 288 g/mol. The van der Waals surface area contributed by atoms with Crippen LogP contribution in [0.5, 0.6) is 0 Å². The summed E-state index contributed by atoms with van der Waals surface area (Å²) < 4.78 is 0. The quantitative estimate of drug-likeness (QED) is 0.666. The normalized spacial score (nSPS) is 11.4. The van der Waals surface area contributed by atoms with Crippen molar-refractivity contribution < 1.29 is 9.59 Å². The van der Waals surface area contributed by atoms with E-state index in [2.05, 4.69) is 17.2 Å². The highest BCUT2D eigenvalue weighted by Crippen LogP contribution is 2.04. The number of carbonyl (C=O) groups excluding carboxylic acids is 2. The van der Waals surface area contributed by atoms with Crippen LogP contribution in [0.1, 0.15) is 62.3 Å². The van der Waals surface area contributed by atoms with Crippen molar-refractivity contribution >= 4 is 11.6 Å². The number of rotatable bonds is 8. The zero-order valence-electron chi connectivity index (χ0n) is 16.4. The first kappa shape index (κ1) is 23.7. The maximum Gasteiger partial charge on any atom is 0.180 e. The lowest BCUT2D eigenvalue weighted by molar-refractivity contribution is -0.119. The Morgan fingerprint density at radius 1 is 0.783 bits per heavy atom. The van der Waals surface area contributed by atoms with E-state index in [9.17, 15) is 9.59 Å². The number of carbonyl (C=O) groups is 2. The van der Waals surface area contributed by atoms with Crippen molar-refractivity contribution in [2.24, 2.45) is 11.8 Å². The third-order valence-electron chi connectivity index (χ3n) is 2.81. The van der Waals surface area contributed by atoms with Gasteiger partial charge in [-0.25, -0.2) is 0 Å². The molecule has 134 valence electrons. The molecule has 0 aromatic rings. The molecule has 0 heterocycles. The van der Waals surface area contributed by atoms with Gasteiger partial charge in [-0.3, -0.25) is 9.59 Å². The van der Waals surface area contributed by atoms with Gasteiger partial charge in [0.15, 0.2) is 11.6 Å². The molecule has 0 aromatic heterocycles. The second kappa shape index (κ2) is 11.9. The van der Waals surface area contributed by atoms with Crippen LogP contribution in [-0.2, 0) is 9.59 Å². The van der Waals surface area contributed by atoms with Gasteiger partial charge in [-0.15, -0.1) is 0 Å². The fourth-order valence-electron chi connectivity index (χ4n) is 1.69. The van der Waals surface area contributed by atoms with Crippen LogP contribution in [0.25, 0.3) is 0 Å². The van der Waals surface area contributed by atoms with Gasteiger partial charge >= 0.3 is 0 Å². The molecule has 4 nitrogen and oxygen atoms in total. The monoisotopic (exact) mass is 324 g/mol. The van der Waals surface area contributed by atoms with Crippen molar-refractivity contribution in [3.63, 3.8) is 0 Å². The van der Waals surface area contributed by atoms with Gasteiger partial charge in [0.1, 0.15) is 0 Å². The van der Waals surface area contributed by atoms with Gasteiger partial charge < -0.3 is 10.6 Å². The summed E-state index contributed by atoms with van der Waals surface area (Å²) in [7, 11) is 0. The van der Waals surface area contributed by atoms with E-state index in [4.69, 9.17) is 0 Å². The van der Waals surface area contributed by atoms with Crippen LogP contribution in [0.3, 0.4) is 0 Å². The van der Waals surface area contributed by atoms with Crippen molar-refractivity contribution in [3.05, 3.63) is 24.0 Å². The van der Waals surface area contributed by atoms with E-state index < -0.39 is 0 Å². The molecule has 0 bridgehead atoms. The van der Waals surface area contributed by atoms with Crippen molar-refractivity contribution in [3.8, 4) is 0 Å². The van der Waals surface area contributed by atoms with Crippen LogP contribution >= 0.6 is 0 Å². The predicted molar refractivity (Wildman–Crippen MR) is 99.1 cm³/mol. The van der Waals surface area contributed by atoms with Gasteiger partial charge in [-0.05, 0) is 34.6 Å². The molecule has 0 unspecified atom stereocenters. The minimum atomic E-state index is 0.0359. The Morgan fingerprint density at radius 3 is 1.43 bits per heavy atom. The Balaban J connectivity index is 0. The van der Waals surface area contributed by atoms with E-state index >= 15 is 0 Å². The minimum absolute atomic E-state index is 0.0359. The summed E-state index contributed by atoms with van der Waals surface area (Å²) in [5.74, 6) is 0.390. The topological polar surface area (TPSA) is 58.2 Å². The smallest absolute Gasteiger partial charge is 0.180 e. The summed E-state index contributed by atoms with van der Waals surface area (Å²) in [5.41, 5.74) is 1.26. The fraction of sp³-hybridized carbons (Fsp3) is 0.684. The molecule has 0 aliphatic heterocycles. The molecule has 4 heteroatoms. The Hall–Kier alpha value is -1.58. The lowest BCUT2D eigenvalue weighted by atomic mass is 10.1. The van der Waals surface area contributed by atoms with Crippen molar-refractivity contribution in [1.29, 1.82) is 0 Å². The third kappa shape index (κ3) is 11.6. The summed E-state index contributed by atoms with van der Waals surface area (Å²) in [6, 6.07) is 0.601. The molecule has 0 atom stereocenters. The van der Waals surface area contributed by atoms with Crippen LogP contribution in [-0.4, -0.2) is 23.7 Å². The second-order valence-electron chi connectivity index (χ2n) is 6.82. The number of ketones is 2. The molecule has 0 rings (SSSR count). The number of hydrogen-bond acceptors (Lipinski definition) is 4. The summed E-state index contributed by atoms with van der Waals surface area (Å²) in [6.07, 6.45) is 1.84. The standard InChI is InChI=1S/C10H19NO.C9H17NO/c1-6-9(11-8(4)5)10(12)7(2)3;1-6(2)9(11)8(5)10-7(3)4/h6-8,11H,1-5H3;6-7,10H,5H2,1-4H3. The molecule has 0 saturated carbocycles. The third-order valence-corrected chi connectivity index (χ3v) is 2.81. The van der Waals surface area contributed by atoms with Gasteiger partial charge in [0.2, 0.25) is 0 Å². The summed E-state index contributed by atoms with van der Waals surface area (Å²) in [6.45, 7) is 21.1. The summed E-state index contributed by atoms with van der Waals surface area (Å²) >= 11 is 0. The maximum absolute atomic E-state index is 11.5. The average Bonchev–Trinajstić information content (AvgIpc) is 2.42. The Bertz CT molecular complexity index is 419. The van der Waals surface area contributed by atoms with Gasteiger partial charge in [0, 0.05) is 23.9 Å². The molecule has 0 spiro atoms. The first-order chi connectivity index (χ1) is 10.4. The molecule has 0 aliphatic rings. The van der Waals surface area contributed by atoms with Gasteiger partial charge in [0.05, 0.1) is 11.4 Å². The largest absolute Gasteiger partial charge is 0.380 e. The number of Topliss-reactive ketones (excluding diaryl/α,β-unsaturated/α-hetero) is 2. The molecule has 2 N–H and O–H groups in total. The van der Waals surface area contributed by atoms with Gasteiger partial charge in [-0.2, -0.15) is 0 Å². The lowest BCUT2D eigenvalue weighted by Gasteiger charge is -2.14. The second-order valence-corrected chi connectivity index (χ2v) is 6.82. The first-order valence-electron chi connectivity index (χ1n) is 8.40. The number of hydrogen-bond donors (Lipinski definition) is 2. The Labute approximate surface area is 142 Å². The molecule has 0 aliphatic carbocycles. The highest BCUT2D eigenvalue weighted by molar-refractivity contribution is 5.96. The zero-order chi connectivity index (χ0) is 18.7. The molecule has 0 amide bonds. The first-order valence-corrected chi connectivity index (χ1v) is 8.40. The van der Waals surface area contributed by atoms with E-state index in [1.165, 1.54) is 0 Å². The highest BCUT2D eigenvalue weighted by atomic mass is 16.1. The van der Waals surface area contributed by atoms with Gasteiger partial charge in [-0.1, -0.05) is 40.3 Å². The Kier molecular flexibility index (Phi) is 12.3. The van der Waals surface area contributed by atoms with Crippen LogP contribution in [0, 0.1) is 11.8 Å². The number of allylic oxidation sites excluding steroid dienone is 3. The molecular formula is C19H36N2O2. The van der Waals surface area contributed by atoms with E-state index in [-0.39, 0.29) is 29.4 Å². The number of nitrogens with one attached hydrogen (secondary N) is 2. The maximum atomic E-state index is 11.5. The summed E-state index contributed by atoms with van der Waals surface area (Å²) in [4.78, 5) is 22.7. The average molecular weight is 325 g/mol. The van der Waals surface area contributed by atoms with Gasteiger partial charge in [0.25, 0.3) is 0 Å². The van der Waals surface area contributed by atoms with Crippen LogP contribution < -0.4 is 10.6 Å². The predicted octanol–water partition coefficient (Wildman–Crippen LogP) is 3.84. The van der Waals surface area contributed by atoms with E-state index in [1.54, 1.807) is 0 Å². The zero-order valence-corrected chi connectivity index (χ0v) is 16.4. The fourth-order valence-corrected chi connectivity index (χ4v) is 1.69. The van der Waals surface area contributed by atoms with E-state index in [1.807, 2.05) is 68.4 Å². The Morgan fingerprint density at radius 2 is 1.17 bits per heavy atom. The van der Waals surface area contributed by atoms with Crippen LogP contribution in [0.4, 0.5) is 0 Å². The molecule has 0 fully saturated rings. The minimum Gasteiger partial charge on any atom is -0.380 e.